The number of thioether (sulfide) groups is 1. The molecule has 0 fully saturated rings. The van der Waals surface area contributed by atoms with Crippen molar-refractivity contribution in [2.45, 2.75) is 6.92 Å². The summed E-state index contributed by atoms with van der Waals surface area (Å²) in [6.07, 6.45) is 0. The zero-order valence-corrected chi connectivity index (χ0v) is 4.83. The molecule has 1 aliphatic rings. The Kier molecular flexibility index (Phi) is 1.35. The van der Waals surface area contributed by atoms with E-state index in [1.165, 1.54) is 0 Å². The van der Waals surface area contributed by atoms with Crippen molar-refractivity contribution in [2.75, 3.05) is 0 Å². The zero-order valence-electron chi connectivity index (χ0n) is 4.01. The molecule has 1 heterocycles. The second kappa shape index (κ2) is 2.01. The van der Waals surface area contributed by atoms with Gasteiger partial charge >= 0.3 is 0 Å². The summed E-state index contributed by atoms with van der Waals surface area (Å²) in [6.45, 7) is 1.95. The molecule has 1 rings (SSSR count). The number of allylic oxidation sites excluding steroid dienone is 1. The summed E-state index contributed by atoms with van der Waals surface area (Å²) < 4.78 is 0. The predicted octanol–water partition coefficient (Wildman–Crippen LogP) is 1.78. The molecule has 1 nitrogen and oxygen atoms in total. The molecule has 2 heteroatoms. The fourth-order valence-electron chi connectivity index (χ4n) is 0.317. The van der Waals surface area contributed by atoms with Crippen molar-refractivity contribution < 1.29 is 0 Å². The van der Waals surface area contributed by atoms with Gasteiger partial charge in [-0.3, -0.25) is 0 Å². The van der Waals surface area contributed by atoms with Gasteiger partial charge in [-0.25, -0.2) is 4.99 Å². The van der Waals surface area contributed by atoms with E-state index in [1.807, 2.05) is 17.7 Å². The van der Waals surface area contributed by atoms with Gasteiger partial charge in [-0.05, 0) is 18.2 Å². The summed E-state index contributed by atoms with van der Waals surface area (Å²) in [5.41, 5.74) is 1.03. The molecule has 0 spiro atoms. The van der Waals surface area contributed by atoms with Gasteiger partial charge in [0.25, 0.3) is 0 Å². The second-order valence-corrected chi connectivity index (χ2v) is 2.00. The van der Waals surface area contributed by atoms with E-state index in [4.69, 9.17) is 0 Å². The molecule has 7 heavy (non-hydrogen) atoms. The molecule has 0 amide bonds. The van der Waals surface area contributed by atoms with Crippen molar-refractivity contribution in [2.24, 2.45) is 4.99 Å². The van der Waals surface area contributed by atoms with E-state index in [9.17, 15) is 0 Å². The van der Waals surface area contributed by atoms with E-state index in [2.05, 4.69) is 10.9 Å². The van der Waals surface area contributed by atoms with E-state index in [-0.39, 0.29) is 0 Å². The van der Waals surface area contributed by atoms with Crippen LogP contribution in [0, 0.1) is 0 Å². The molecule has 36 valence electrons. The largest absolute Gasteiger partial charge is 0.210 e. The van der Waals surface area contributed by atoms with E-state index >= 15 is 0 Å². The first kappa shape index (κ1) is 4.69. The Hall–Kier alpha value is -0.460. The van der Waals surface area contributed by atoms with Gasteiger partial charge in [0.1, 0.15) is 0 Å². The van der Waals surface area contributed by atoms with E-state index in [0.717, 1.165) is 5.70 Å². The molecule has 0 saturated carbocycles. The van der Waals surface area contributed by atoms with Gasteiger partial charge in [-0.2, -0.15) is 0 Å². The Morgan fingerprint density at radius 1 is 1.86 bits per heavy atom. The molecular weight excluding hydrogens is 106 g/mol. The van der Waals surface area contributed by atoms with Crippen molar-refractivity contribution in [3.8, 4) is 0 Å². The van der Waals surface area contributed by atoms with Crippen LogP contribution in [0.5, 0.6) is 0 Å². The smallest absolute Gasteiger partial charge is 0.0539 e. The quantitative estimate of drug-likeness (QED) is 0.464. The average Bonchev–Trinajstić information content (AvgIpc) is 1.69. The lowest BCUT2D eigenvalue weighted by Crippen LogP contribution is -1.67. The zero-order chi connectivity index (χ0) is 5.11. The van der Waals surface area contributed by atoms with Gasteiger partial charge in [0.05, 0.1) is 5.70 Å². The molecule has 0 aromatic heterocycles. The standard InChI is InChI=1S/C5H5NS/c1-5-4-7-3-2-6-5/h3-4H,1H3. The number of nitrogens with zero attached hydrogens (tertiary/aromatic N) is 1. The summed E-state index contributed by atoms with van der Waals surface area (Å²) in [6, 6.07) is 0. The van der Waals surface area contributed by atoms with E-state index < -0.39 is 0 Å². The van der Waals surface area contributed by atoms with Crippen LogP contribution in [0.2, 0.25) is 0 Å². The van der Waals surface area contributed by atoms with Crippen LogP contribution in [-0.4, -0.2) is 5.87 Å². The SMILES string of the molecule is CC1=CSC=C=N1. The third kappa shape index (κ3) is 1.22. The Labute approximate surface area is 46.8 Å². The minimum absolute atomic E-state index is 1.03. The lowest BCUT2D eigenvalue weighted by atomic mass is 10.6. The Balaban J connectivity index is 2.82. The molecule has 0 aliphatic carbocycles. The molecule has 1 aliphatic heterocycles. The van der Waals surface area contributed by atoms with E-state index in [1.54, 1.807) is 11.8 Å². The van der Waals surface area contributed by atoms with Gasteiger partial charge < -0.3 is 0 Å². The summed E-state index contributed by atoms with van der Waals surface area (Å²) in [7, 11) is 0. The highest BCUT2D eigenvalue weighted by molar-refractivity contribution is 8.05. The van der Waals surface area contributed by atoms with E-state index in [0.29, 0.717) is 0 Å². The number of hydrogen-bond donors (Lipinski definition) is 0. The highest BCUT2D eigenvalue weighted by Crippen LogP contribution is 2.10. The van der Waals surface area contributed by atoms with Crippen molar-refractivity contribution in [1.29, 1.82) is 0 Å². The van der Waals surface area contributed by atoms with Gasteiger partial charge in [-0.15, -0.1) is 0 Å². The van der Waals surface area contributed by atoms with Crippen molar-refractivity contribution >= 4 is 17.6 Å². The third-order valence-electron chi connectivity index (χ3n) is 0.600. The van der Waals surface area contributed by atoms with Crippen LogP contribution in [0.15, 0.2) is 21.5 Å². The minimum atomic E-state index is 1.03. The first-order chi connectivity index (χ1) is 3.39. The van der Waals surface area contributed by atoms with Gasteiger partial charge in [0, 0.05) is 5.41 Å². The van der Waals surface area contributed by atoms with Crippen LogP contribution < -0.4 is 0 Å². The fourth-order valence-corrected chi connectivity index (χ4v) is 0.749. The number of rotatable bonds is 0. The lowest BCUT2D eigenvalue weighted by Gasteiger charge is -1.88. The number of aliphatic imine (C=N–C) groups is 1. The molecule has 0 radical (unpaired) electrons. The summed E-state index contributed by atoms with van der Waals surface area (Å²) in [5.74, 6) is 2.73. The summed E-state index contributed by atoms with van der Waals surface area (Å²) in [5, 5.41) is 3.81. The summed E-state index contributed by atoms with van der Waals surface area (Å²) in [4.78, 5) is 3.86. The summed E-state index contributed by atoms with van der Waals surface area (Å²) >= 11 is 1.61. The Morgan fingerprint density at radius 3 is 3.00 bits per heavy atom. The van der Waals surface area contributed by atoms with Crippen LogP contribution in [0.4, 0.5) is 0 Å². The predicted molar refractivity (Wildman–Crippen MR) is 33.4 cm³/mol. The van der Waals surface area contributed by atoms with Crippen LogP contribution in [0.1, 0.15) is 6.92 Å². The normalized spacial score (nSPS) is 17.0. The Bertz CT molecular complexity index is 151. The fraction of sp³-hybridized carbons (Fsp3) is 0.200. The highest BCUT2D eigenvalue weighted by atomic mass is 32.2. The van der Waals surface area contributed by atoms with Crippen molar-refractivity contribution in [3.05, 3.63) is 16.5 Å². The van der Waals surface area contributed by atoms with Crippen LogP contribution in [0.3, 0.4) is 0 Å². The average molecular weight is 111 g/mol. The monoisotopic (exact) mass is 111 g/mol. The molecule has 0 aromatic rings. The third-order valence-corrected chi connectivity index (χ3v) is 1.32. The number of hydrogen-bond acceptors (Lipinski definition) is 2. The molecule has 0 N–H and O–H groups in total. The molecule has 0 aromatic carbocycles. The highest BCUT2D eigenvalue weighted by Gasteiger charge is 1.82. The van der Waals surface area contributed by atoms with Crippen LogP contribution in [-0.2, 0) is 0 Å². The lowest BCUT2D eigenvalue weighted by molar-refractivity contribution is 1.34. The first-order valence-corrected chi connectivity index (χ1v) is 2.94. The molecule has 0 atom stereocenters. The maximum absolute atomic E-state index is 3.86. The van der Waals surface area contributed by atoms with Crippen molar-refractivity contribution in [1.82, 2.24) is 0 Å². The molecular formula is C5H5NS. The van der Waals surface area contributed by atoms with Gasteiger partial charge in [0.2, 0.25) is 0 Å². The maximum atomic E-state index is 3.86. The second-order valence-electron chi connectivity index (χ2n) is 1.25. The Morgan fingerprint density at radius 2 is 2.71 bits per heavy atom. The van der Waals surface area contributed by atoms with Gasteiger partial charge in [0.15, 0.2) is 0 Å². The topological polar surface area (TPSA) is 12.4 Å². The minimum Gasteiger partial charge on any atom is -0.210 e. The maximum Gasteiger partial charge on any atom is 0.0539 e. The first-order valence-electron chi connectivity index (χ1n) is 2.00. The van der Waals surface area contributed by atoms with Crippen LogP contribution >= 0.6 is 11.8 Å². The molecule has 0 saturated heterocycles. The molecule has 0 bridgehead atoms. The van der Waals surface area contributed by atoms with Crippen LogP contribution in [0.25, 0.3) is 0 Å². The molecule has 0 unspecified atom stereocenters. The van der Waals surface area contributed by atoms with Crippen molar-refractivity contribution in [3.63, 3.8) is 0 Å². The van der Waals surface area contributed by atoms with Gasteiger partial charge in [-0.1, -0.05) is 11.8 Å².